The Labute approximate surface area is 216 Å². The second-order valence-corrected chi connectivity index (χ2v) is 10.1. The molecule has 0 saturated heterocycles. The molecule has 0 aliphatic carbocycles. The summed E-state index contributed by atoms with van der Waals surface area (Å²) in [6.07, 6.45) is 20.2. The number of hydrogen-bond donors (Lipinski definition) is 0. The standard InChI is InChI=1S/C33H52O2/c1-4-6-8-10-11-12-13-14-15-16-18-27-34-29(3)30-19-21-31(22-20-30)32-23-25-33(26-24-32)35-28-17-9-7-5-2/h19-26,29H,4-18,27-28H2,1-3H3. The Morgan fingerprint density at radius 1 is 0.514 bits per heavy atom. The first-order valence-electron chi connectivity index (χ1n) is 14.7. The van der Waals surface area contributed by atoms with E-state index < -0.39 is 0 Å². The smallest absolute Gasteiger partial charge is 0.119 e. The predicted octanol–water partition coefficient (Wildman–Crippen LogP) is 10.7. The second-order valence-electron chi connectivity index (χ2n) is 10.1. The lowest BCUT2D eigenvalue weighted by molar-refractivity contribution is 0.0627. The number of benzene rings is 2. The quantitative estimate of drug-likeness (QED) is 0.165. The van der Waals surface area contributed by atoms with Gasteiger partial charge in [0.1, 0.15) is 5.75 Å². The molecule has 35 heavy (non-hydrogen) atoms. The number of rotatable bonds is 21. The van der Waals surface area contributed by atoms with Crippen LogP contribution in [0.4, 0.5) is 0 Å². The van der Waals surface area contributed by atoms with Crippen LogP contribution < -0.4 is 4.74 Å². The van der Waals surface area contributed by atoms with Gasteiger partial charge in [-0.25, -0.2) is 0 Å². The highest BCUT2D eigenvalue weighted by molar-refractivity contribution is 5.64. The number of ether oxygens (including phenoxy) is 2. The third-order valence-electron chi connectivity index (χ3n) is 6.95. The molecule has 2 rings (SSSR count). The Morgan fingerprint density at radius 2 is 0.943 bits per heavy atom. The van der Waals surface area contributed by atoms with Gasteiger partial charge in [0.25, 0.3) is 0 Å². The van der Waals surface area contributed by atoms with Crippen LogP contribution >= 0.6 is 0 Å². The summed E-state index contributed by atoms with van der Waals surface area (Å²) in [5.74, 6) is 0.964. The summed E-state index contributed by atoms with van der Waals surface area (Å²) in [7, 11) is 0. The molecule has 0 N–H and O–H groups in total. The lowest BCUT2D eigenvalue weighted by Crippen LogP contribution is -2.01. The zero-order valence-corrected chi connectivity index (χ0v) is 23.0. The Balaban J connectivity index is 1.58. The van der Waals surface area contributed by atoms with Crippen LogP contribution in [0.5, 0.6) is 5.75 Å². The zero-order chi connectivity index (χ0) is 25.0. The molecule has 1 unspecified atom stereocenters. The van der Waals surface area contributed by atoms with Crippen molar-refractivity contribution in [3.8, 4) is 16.9 Å². The van der Waals surface area contributed by atoms with Crippen LogP contribution in [0.2, 0.25) is 0 Å². The van der Waals surface area contributed by atoms with Crippen molar-refractivity contribution in [3.05, 3.63) is 54.1 Å². The van der Waals surface area contributed by atoms with Gasteiger partial charge >= 0.3 is 0 Å². The topological polar surface area (TPSA) is 18.5 Å². The normalized spacial score (nSPS) is 12.1. The van der Waals surface area contributed by atoms with Crippen LogP contribution in [-0.2, 0) is 4.74 Å². The molecule has 1 atom stereocenters. The molecule has 2 nitrogen and oxygen atoms in total. The maximum absolute atomic E-state index is 6.12. The molecule has 0 radical (unpaired) electrons. The van der Waals surface area contributed by atoms with Crippen molar-refractivity contribution in [3.63, 3.8) is 0 Å². The molecule has 2 heteroatoms. The Bertz CT molecular complexity index is 735. The average Bonchev–Trinajstić information content (AvgIpc) is 2.89. The molecule has 0 bridgehead atoms. The first-order chi connectivity index (χ1) is 17.2. The summed E-state index contributed by atoms with van der Waals surface area (Å²) >= 11 is 0. The molecular formula is C33H52O2. The van der Waals surface area contributed by atoms with E-state index in [1.807, 2.05) is 0 Å². The van der Waals surface area contributed by atoms with Gasteiger partial charge < -0.3 is 9.47 Å². The highest BCUT2D eigenvalue weighted by atomic mass is 16.5. The van der Waals surface area contributed by atoms with E-state index in [0.717, 1.165) is 25.4 Å². The van der Waals surface area contributed by atoms with E-state index in [1.165, 1.54) is 107 Å². The van der Waals surface area contributed by atoms with Crippen molar-refractivity contribution < 1.29 is 9.47 Å². The van der Waals surface area contributed by atoms with Gasteiger partial charge in [-0.3, -0.25) is 0 Å². The molecule has 0 amide bonds. The second kappa shape index (κ2) is 19.4. The first-order valence-corrected chi connectivity index (χ1v) is 14.7. The largest absolute Gasteiger partial charge is 0.494 e. The van der Waals surface area contributed by atoms with Crippen LogP contribution in [0, 0.1) is 0 Å². The highest BCUT2D eigenvalue weighted by Crippen LogP contribution is 2.25. The van der Waals surface area contributed by atoms with Gasteiger partial charge in [0.15, 0.2) is 0 Å². The van der Waals surface area contributed by atoms with Crippen molar-refractivity contribution in [2.24, 2.45) is 0 Å². The van der Waals surface area contributed by atoms with Crippen LogP contribution in [0.25, 0.3) is 11.1 Å². The molecule has 2 aromatic rings. The van der Waals surface area contributed by atoms with Gasteiger partial charge in [-0.2, -0.15) is 0 Å². The summed E-state index contributed by atoms with van der Waals surface area (Å²) in [5, 5.41) is 0. The van der Waals surface area contributed by atoms with Gasteiger partial charge in [-0.05, 0) is 48.6 Å². The van der Waals surface area contributed by atoms with E-state index >= 15 is 0 Å². The molecule has 0 heterocycles. The molecule has 2 aromatic carbocycles. The van der Waals surface area contributed by atoms with E-state index in [-0.39, 0.29) is 6.10 Å². The van der Waals surface area contributed by atoms with Crippen LogP contribution in [0.3, 0.4) is 0 Å². The van der Waals surface area contributed by atoms with E-state index in [2.05, 4.69) is 69.3 Å². The SMILES string of the molecule is CCCCCCCCCCCCCOC(C)c1ccc(-c2ccc(OCCCCCC)cc2)cc1. The summed E-state index contributed by atoms with van der Waals surface area (Å²) in [5.41, 5.74) is 3.72. The van der Waals surface area contributed by atoms with Gasteiger partial charge in [0.05, 0.1) is 12.7 Å². The fourth-order valence-corrected chi connectivity index (χ4v) is 4.53. The first kappa shape index (κ1) is 29.4. The summed E-state index contributed by atoms with van der Waals surface area (Å²) < 4.78 is 12.0. The van der Waals surface area contributed by atoms with Crippen LogP contribution in [0.15, 0.2) is 48.5 Å². The summed E-state index contributed by atoms with van der Waals surface area (Å²) in [4.78, 5) is 0. The third-order valence-corrected chi connectivity index (χ3v) is 6.95. The Kier molecular flexibility index (Phi) is 16.3. The fraction of sp³-hybridized carbons (Fsp3) is 0.636. The monoisotopic (exact) mass is 480 g/mol. The van der Waals surface area contributed by atoms with Gasteiger partial charge in [-0.1, -0.05) is 134 Å². The van der Waals surface area contributed by atoms with Gasteiger partial charge in [0, 0.05) is 6.61 Å². The Hall–Kier alpha value is -1.80. The average molecular weight is 481 g/mol. The number of unbranched alkanes of at least 4 members (excludes halogenated alkanes) is 13. The number of hydrogen-bond acceptors (Lipinski definition) is 2. The minimum absolute atomic E-state index is 0.149. The van der Waals surface area contributed by atoms with E-state index in [4.69, 9.17) is 9.47 Å². The minimum Gasteiger partial charge on any atom is -0.494 e. The van der Waals surface area contributed by atoms with E-state index in [9.17, 15) is 0 Å². The van der Waals surface area contributed by atoms with E-state index in [1.54, 1.807) is 0 Å². The summed E-state index contributed by atoms with van der Waals surface area (Å²) in [6.45, 7) is 8.36. The molecule has 0 fully saturated rings. The molecule has 0 saturated carbocycles. The molecule has 0 spiro atoms. The zero-order valence-electron chi connectivity index (χ0n) is 23.0. The van der Waals surface area contributed by atoms with Crippen molar-refractivity contribution in [1.29, 1.82) is 0 Å². The molecule has 0 aliphatic heterocycles. The lowest BCUT2D eigenvalue weighted by Gasteiger charge is -2.14. The highest BCUT2D eigenvalue weighted by Gasteiger charge is 2.07. The maximum atomic E-state index is 6.12. The molecule has 0 aromatic heterocycles. The third kappa shape index (κ3) is 13.2. The minimum atomic E-state index is 0.149. The van der Waals surface area contributed by atoms with E-state index in [0.29, 0.717) is 0 Å². The van der Waals surface area contributed by atoms with Crippen molar-refractivity contribution in [2.75, 3.05) is 13.2 Å². The maximum Gasteiger partial charge on any atom is 0.119 e. The van der Waals surface area contributed by atoms with Gasteiger partial charge in [0.2, 0.25) is 0 Å². The van der Waals surface area contributed by atoms with Crippen molar-refractivity contribution >= 4 is 0 Å². The van der Waals surface area contributed by atoms with Crippen molar-refractivity contribution in [2.45, 2.75) is 123 Å². The fourth-order valence-electron chi connectivity index (χ4n) is 4.53. The molecule has 196 valence electrons. The Morgan fingerprint density at radius 3 is 1.49 bits per heavy atom. The predicted molar refractivity (Wildman–Crippen MR) is 152 cm³/mol. The van der Waals surface area contributed by atoms with Crippen LogP contribution in [0.1, 0.15) is 129 Å². The lowest BCUT2D eigenvalue weighted by atomic mass is 10.0. The van der Waals surface area contributed by atoms with Crippen molar-refractivity contribution in [1.82, 2.24) is 0 Å². The molecule has 0 aliphatic rings. The summed E-state index contributed by atoms with van der Waals surface area (Å²) in [6, 6.07) is 17.3. The molecular weight excluding hydrogens is 428 g/mol. The van der Waals surface area contributed by atoms with Gasteiger partial charge in [-0.15, -0.1) is 0 Å². The van der Waals surface area contributed by atoms with Crippen LogP contribution in [-0.4, -0.2) is 13.2 Å².